The first-order valence-electron chi connectivity index (χ1n) is 19.3. The SMILES string of the molecule is CCCCOCCNC(=O)CCC(NC(=O)CCC(NC(=O)CCOCCOC(C)(C)C)C(=O)NCCOCCCC)C(=O)NCCOCCCC. The molecule has 304 valence electrons. The van der Waals surface area contributed by atoms with Crippen molar-refractivity contribution in [2.45, 2.75) is 130 Å². The molecule has 0 bridgehead atoms. The van der Waals surface area contributed by atoms with Crippen molar-refractivity contribution in [3.05, 3.63) is 0 Å². The Balaban J connectivity index is 5.24. The molecule has 0 aromatic carbocycles. The predicted molar refractivity (Wildman–Crippen MR) is 200 cm³/mol. The van der Waals surface area contributed by atoms with Gasteiger partial charge in [-0.1, -0.05) is 40.0 Å². The van der Waals surface area contributed by atoms with Gasteiger partial charge in [0.15, 0.2) is 0 Å². The molecule has 0 heterocycles. The monoisotopic (exact) mass is 746 g/mol. The molecular formula is C37H71N5O10. The third-order valence-electron chi connectivity index (χ3n) is 7.45. The van der Waals surface area contributed by atoms with Gasteiger partial charge < -0.3 is 50.3 Å². The summed E-state index contributed by atoms with van der Waals surface area (Å²) in [7, 11) is 0. The molecule has 15 nitrogen and oxygen atoms in total. The van der Waals surface area contributed by atoms with E-state index in [1.54, 1.807) is 0 Å². The molecule has 0 spiro atoms. The van der Waals surface area contributed by atoms with Crippen molar-refractivity contribution in [2.75, 3.05) is 79.1 Å². The van der Waals surface area contributed by atoms with Crippen LogP contribution < -0.4 is 26.6 Å². The summed E-state index contributed by atoms with van der Waals surface area (Å²) >= 11 is 0. The van der Waals surface area contributed by atoms with Gasteiger partial charge >= 0.3 is 0 Å². The van der Waals surface area contributed by atoms with Crippen LogP contribution >= 0.6 is 0 Å². The summed E-state index contributed by atoms with van der Waals surface area (Å²) in [6.07, 6.45) is 5.70. The van der Waals surface area contributed by atoms with Crippen LogP contribution in [0.25, 0.3) is 0 Å². The maximum atomic E-state index is 13.1. The van der Waals surface area contributed by atoms with E-state index in [0.29, 0.717) is 59.4 Å². The molecule has 2 unspecified atom stereocenters. The van der Waals surface area contributed by atoms with Crippen LogP contribution in [0.3, 0.4) is 0 Å². The van der Waals surface area contributed by atoms with Gasteiger partial charge in [0, 0.05) is 58.7 Å². The van der Waals surface area contributed by atoms with Crippen LogP contribution in [0.5, 0.6) is 0 Å². The molecule has 0 rings (SSSR count). The highest BCUT2D eigenvalue weighted by atomic mass is 16.5. The fourth-order valence-corrected chi connectivity index (χ4v) is 4.43. The molecule has 0 fully saturated rings. The van der Waals surface area contributed by atoms with Gasteiger partial charge in [0.25, 0.3) is 0 Å². The molecule has 0 aromatic heterocycles. The minimum absolute atomic E-state index is 0.00609. The van der Waals surface area contributed by atoms with E-state index in [0.717, 1.165) is 38.5 Å². The molecule has 52 heavy (non-hydrogen) atoms. The highest BCUT2D eigenvalue weighted by Gasteiger charge is 2.25. The van der Waals surface area contributed by atoms with Gasteiger partial charge in [0.1, 0.15) is 12.1 Å². The topological polar surface area (TPSA) is 192 Å². The van der Waals surface area contributed by atoms with Gasteiger partial charge in [-0.15, -0.1) is 0 Å². The highest BCUT2D eigenvalue weighted by Crippen LogP contribution is 2.06. The lowest BCUT2D eigenvalue weighted by Crippen LogP contribution is -2.50. The maximum Gasteiger partial charge on any atom is 0.242 e. The van der Waals surface area contributed by atoms with E-state index >= 15 is 0 Å². The quantitative estimate of drug-likeness (QED) is 0.0612. The number of carbonyl (C=O) groups is 5. The second kappa shape index (κ2) is 32.8. The third kappa shape index (κ3) is 30.7. The number of rotatable bonds is 34. The van der Waals surface area contributed by atoms with Gasteiger partial charge in [-0.2, -0.15) is 0 Å². The van der Waals surface area contributed by atoms with Gasteiger partial charge in [-0.05, 0) is 52.9 Å². The van der Waals surface area contributed by atoms with E-state index in [1.807, 2.05) is 20.8 Å². The zero-order valence-corrected chi connectivity index (χ0v) is 33.0. The number of carbonyl (C=O) groups excluding carboxylic acids is 5. The summed E-state index contributed by atoms with van der Waals surface area (Å²) in [5, 5.41) is 13.7. The number of hydrogen-bond donors (Lipinski definition) is 5. The largest absolute Gasteiger partial charge is 0.380 e. The summed E-state index contributed by atoms with van der Waals surface area (Å²) in [6, 6.07) is -1.99. The Morgan fingerprint density at radius 2 is 0.885 bits per heavy atom. The summed E-state index contributed by atoms with van der Waals surface area (Å²) in [6.45, 7) is 16.5. The van der Waals surface area contributed by atoms with E-state index in [-0.39, 0.29) is 63.3 Å². The second-order valence-electron chi connectivity index (χ2n) is 13.5. The molecular weight excluding hydrogens is 674 g/mol. The van der Waals surface area contributed by atoms with Gasteiger partial charge in [0.2, 0.25) is 29.5 Å². The molecule has 0 aromatic rings. The Kier molecular flexibility index (Phi) is 31.0. The molecule has 0 aliphatic rings. The lowest BCUT2D eigenvalue weighted by Gasteiger charge is -2.21. The van der Waals surface area contributed by atoms with E-state index in [4.69, 9.17) is 23.7 Å². The van der Waals surface area contributed by atoms with E-state index in [1.165, 1.54) is 0 Å². The summed E-state index contributed by atoms with van der Waals surface area (Å²) in [5.74, 6) is -2.06. The zero-order valence-electron chi connectivity index (χ0n) is 33.0. The number of ether oxygens (including phenoxy) is 5. The van der Waals surface area contributed by atoms with E-state index in [9.17, 15) is 24.0 Å². The lowest BCUT2D eigenvalue weighted by molar-refractivity contribution is -0.131. The fourth-order valence-electron chi connectivity index (χ4n) is 4.43. The van der Waals surface area contributed by atoms with Crippen LogP contribution in [0, 0.1) is 0 Å². The first-order chi connectivity index (χ1) is 24.9. The summed E-state index contributed by atoms with van der Waals surface area (Å²) in [4.78, 5) is 64.5. The van der Waals surface area contributed by atoms with E-state index < -0.39 is 35.7 Å². The molecule has 2 atom stereocenters. The van der Waals surface area contributed by atoms with Gasteiger partial charge in [-0.3, -0.25) is 24.0 Å². The minimum Gasteiger partial charge on any atom is -0.380 e. The maximum absolute atomic E-state index is 13.1. The first-order valence-corrected chi connectivity index (χ1v) is 19.3. The highest BCUT2D eigenvalue weighted by molar-refractivity contribution is 5.90. The lowest BCUT2D eigenvalue weighted by atomic mass is 10.1. The normalized spacial score (nSPS) is 12.5. The molecule has 0 aliphatic heterocycles. The van der Waals surface area contributed by atoms with Crippen molar-refractivity contribution in [1.29, 1.82) is 0 Å². The molecule has 0 radical (unpaired) electrons. The Hall–Kier alpha value is -2.85. The van der Waals surface area contributed by atoms with Gasteiger partial charge in [0.05, 0.1) is 45.2 Å². The molecule has 0 saturated heterocycles. The molecule has 5 N–H and O–H groups in total. The van der Waals surface area contributed by atoms with Crippen LogP contribution in [-0.2, 0) is 47.7 Å². The van der Waals surface area contributed by atoms with Crippen molar-refractivity contribution in [3.63, 3.8) is 0 Å². The summed E-state index contributed by atoms with van der Waals surface area (Å²) < 4.78 is 27.6. The van der Waals surface area contributed by atoms with Crippen LogP contribution in [0.15, 0.2) is 0 Å². The summed E-state index contributed by atoms with van der Waals surface area (Å²) in [5.41, 5.74) is -0.293. The van der Waals surface area contributed by atoms with Crippen molar-refractivity contribution in [3.8, 4) is 0 Å². The minimum atomic E-state index is -1.00. The number of amides is 5. The Morgan fingerprint density at radius 1 is 0.481 bits per heavy atom. The van der Waals surface area contributed by atoms with Crippen molar-refractivity contribution in [2.24, 2.45) is 0 Å². The van der Waals surface area contributed by atoms with Crippen LogP contribution in [0.2, 0.25) is 0 Å². The Bertz CT molecular complexity index is 964. The zero-order chi connectivity index (χ0) is 38.9. The van der Waals surface area contributed by atoms with Crippen LogP contribution in [0.1, 0.15) is 112 Å². The first kappa shape index (κ1) is 49.1. The van der Waals surface area contributed by atoms with Gasteiger partial charge in [-0.25, -0.2) is 0 Å². The molecule has 5 amide bonds. The number of hydrogen-bond acceptors (Lipinski definition) is 10. The van der Waals surface area contributed by atoms with Crippen molar-refractivity contribution in [1.82, 2.24) is 26.6 Å². The average Bonchev–Trinajstić information content (AvgIpc) is 3.10. The smallest absolute Gasteiger partial charge is 0.242 e. The fraction of sp³-hybridized carbons (Fsp3) is 0.865. The number of nitrogens with one attached hydrogen (secondary N) is 5. The Labute approximate surface area is 312 Å². The molecule has 0 saturated carbocycles. The van der Waals surface area contributed by atoms with Crippen LogP contribution in [-0.4, -0.2) is 126 Å². The van der Waals surface area contributed by atoms with Crippen molar-refractivity contribution < 1.29 is 47.7 Å². The van der Waals surface area contributed by atoms with E-state index in [2.05, 4.69) is 47.4 Å². The van der Waals surface area contributed by atoms with Crippen molar-refractivity contribution >= 4 is 29.5 Å². The molecule has 15 heteroatoms. The third-order valence-corrected chi connectivity index (χ3v) is 7.45. The number of unbranched alkanes of at least 4 members (excludes halogenated alkanes) is 3. The standard InChI is InChI=1S/C37H71N5O10/c1-7-10-21-48-25-18-38-32(43)15-13-30(35(46)39-19-26-49-22-11-8-2)41-33(44)16-14-31(36(47)40-20-27-50-23-12-9-3)42-34(45)17-24-51-28-29-52-37(4,5)6/h30-31H,7-29H2,1-6H3,(H,38,43)(H,39,46)(H,40,47)(H,41,44)(H,42,45). The average molecular weight is 746 g/mol. The molecule has 0 aliphatic carbocycles. The Morgan fingerprint density at radius 3 is 1.33 bits per heavy atom. The predicted octanol–water partition coefficient (Wildman–Crippen LogP) is 2.54. The van der Waals surface area contributed by atoms with Crippen LogP contribution in [0.4, 0.5) is 0 Å². The second-order valence-corrected chi connectivity index (χ2v) is 13.5.